The summed E-state index contributed by atoms with van der Waals surface area (Å²) >= 11 is 2.90. The minimum Gasteiger partial charge on any atom is -0.258 e. The molecule has 0 saturated heterocycles. The van der Waals surface area contributed by atoms with Crippen LogP contribution in [0.2, 0.25) is 0 Å². The van der Waals surface area contributed by atoms with Crippen molar-refractivity contribution in [2.24, 2.45) is 0 Å². The highest BCUT2D eigenvalue weighted by molar-refractivity contribution is 9.08. The zero-order valence-electron chi connectivity index (χ0n) is 7.08. The number of hydrogen-bond acceptors (Lipinski definition) is 3. The van der Waals surface area contributed by atoms with E-state index in [1.165, 1.54) is 0 Å². The molecule has 8 heteroatoms. The molecule has 0 amide bonds. The van der Waals surface area contributed by atoms with E-state index in [2.05, 4.69) is 20.9 Å². The smallest absolute Gasteiger partial charge is 0.258 e. The number of pyridine rings is 1. The summed E-state index contributed by atoms with van der Waals surface area (Å²) in [5, 5.41) is 10.4. The van der Waals surface area contributed by atoms with Gasteiger partial charge in [0.25, 0.3) is 6.43 Å². The van der Waals surface area contributed by atoms with Crippen molar-refractivity contribution in [2.45, 2.75) is 11.8 Å². The number of halogens is 4. The average Bonchev–Trinajstić information content (AvgIpc) is 2.17. The molecular weight excluding hydrogens is 281 g/mol. The molecule has 0 spiro atoms. The van der Waals surface area contributed by atoms with Gasteiger partial charge < -0.3 is 0 Å². The van der Waals surface area contributed by atoms with E-state index in [0.29, 0.717) is 0 Å². The molecule has 1 aromatic rings. The number of rotatable bonds is 3. The Balaban J connectivity index is 3.40. The number of nitrogens with zero attached hydrogens (tertiary/aromatic N) is 2. The van der Waals surface area contributed by atoms with Crippen molar-refractivity contribution in [1.29, 1.82) is 0 Å². The maximum absolute atomic E-state index is 13.1. The maximum Gasteiger partial charge on any atom is 0.308 e. The van der Waals surface area contributed by atoms with Crippen LogP contribution in [0.3, 0.4) is 0 Å². The van der Waals surface area contributed by atoms with Crippen LogP contribution in [0.25, 0.3) is 0 Å². The Morgan fingerprint density at radius 3 is 2.60 bits per heavy atom. The fourth-order valence-corrected chi connectivity index (χ4v) is 1.22. The van der Waals surface area contributed by atoms with Crippen LogP contribution < -0.4 is 0 Å². The van der Waals surface area contributed by atoms with E-state index < -0.39 is 28.5 Å². The van der Waals surface area contributed by atoms with E-state index >= 15 is 0 Å². The summed E-state index contributed by atoms with van der Waals surface area (Å²) in [7, 11) is 0. The predicted octanol–water partition coefficient (Wildman–Crippen LogP) is 2.96. The molecule has 0 unspecified atom stereocenters. The zero-order chi connectivity index (χ0) is 11.6. The molecule has 0 radical (unpaired) electrons. The summed E-state index contributed by atoms with van der Waals surface area (Å²) in [4.78, 5) is 12.5. The third-order valence-corrected chi connectivity index (χ3v) is 2.13. The van der Waals surface area contributed by atoms with E-state index in [9.17, 15) is 23.3 Å². The molecule has 82 valence electrons. The molecule has 0 N–H and O–H groups in total. The van der Waals surface area contributed by atoms with Crippen molar-refractivity contribution in [1.82, 2.24) is 4.98 Å². The van der Waals surface area contributed by atoms with Gasteiger partial charge in [0, 0.05) is 11.4 Å². The van der Waals surface area contributed by atoms with Crippen molar-refractivity contribution in [2.75, 3.05) is 0 Å². The molecule has 15 heavy (non-hydrogen) atoms. The van der Waals surface area contributed by atoms with Gasteiger partial charge in [-0.05, 0) is 0 Å². The SMILES string of the molecule is O=[N+]([O-])c1cc(CBr)nc(C(F)F)c1F. The fourth-order valence-electron chi connectivity index (χ4n) is 0.934. The van der Waals surface area contributed by atoms with Crippen LogP contribution in [0.4, 0.5) is 18.9 Å². The molecule has 4 nitrogen and oxygen atoms in total. The van der Waals surface area contributed by atoms with Crippen LogP contribution in [0.5, 0.6) is 0 Å². The minimum absolute atomic E-state index is 0.0154. The molecule has 1 rings (SSSR count). The second kappa shape index (κ2) is 4.56. The van der Waals surface area contributed by atoms with Crippen molar-refractivity contribution in [3.8, 4) is 0 Å². The lowest BCUT2D eigenvalue weighted by Gasteiger charge is -2.03. The van der Waals surface area contributed by atoms with E-state index in [1.54, 1.807) is 0 Å². The van der Waals surface area contributed by atoms with Gasteiger partial charge in [0.2, 0.25) is 5.82 Å². The van der Waals surface area contributed by atoms with E-state index in [0.717, 1.165) is 6.07 Å². The second-order valence-corrected chi connectivity index (χ2v) is 3.08. The standard InChI is InChI=1S/C7H4BrF3N2O2/c8-2-3-1-4(13(14)15)5(9)6(12-3)7(10)11/h1,7H,2H2. The van der Waals surface area contributed by atoms with E-state index in [1.807, 2.05) is 0 Å². The highest BCUT2D eigenvalue weighted by atomic mass is 79.9. The molecule has 1 aromatic heterocycles. The van der Waals surface area contributed by atoms with Crippen molar-refractivity contribution < 1.29 is 18.1 Å². The first-order chi connectivity index (χ1) is 6.97. The topological polar surface area (TPSA) is 56.0 Å². The molecule has 1 heterocycles. The van der Waals surface area contributed by atoms with Gasteiger partial charge in [-0.25, -0.2) is 13.8 Å². The van der Waals surface area contributed by atoms with Crippen LogP contribution in [-0.4, -0.2) is 9.91 Å². The van der Waals surface area contributed by atoms with Gasteiger partial charge in [0.15, 0.2) is 0 Å². The van der Waals surface area contributed by atoms with Crippen molar-refractivity contribution in [3.05, 3.63) is 33.4 Å². The molecule has 0 fully saturated rings. The molecule has 0 aliphatic carbocycles. The molecule has 0 bridgehead atoms. The van der Waals surface area contributed by atoms with Gasteiger partial charge in [0.1, 0.15) is 5.69 Å². The maximum atomic E-state index is 13.1. The molecule has 0 saturated carbocycles. The Morgan fingerprint density at radius 1 is 1.60 bits per heavy atom. The highest BCUT2D eigenvalue weighted by Gasteiger charge is 2.26. The number of nitro groups is 1. The van der Waals surface area contributed by atoms with Gasteiger partial charge in [-0.3, -0.25) is 10.1 Å². The summed E-state index contributed by atoms with van der Waals surface area (Å²) in [6.45, 7) is 0. The molecule has 0 aromatic carbocycles. The first-order valence-electron chi connectivity index (χ1n) is 3.65. The van der Waals surface area contributed by atoms with Crippen LogP contribution in [0, 0.1) is 15.9 Å². The van der Waals surface area contributed by atoms with E-state index in [-0.39, 0.29) is 11.0 Å². The van der Waals surface area contributed by atoms with E-state index in [4.69, 9.17) is 0 Å². The highest BCUT2D eigenvalue weighted by Crippen LogP contribution is 2.27. The minimum atomic E-state index is -3.18. The zero-order valence-corrected chi connectivity index (χ0v) is 8.67. The first-order valence-corrected chi connectivity index (χ1v) is 4.77. The Labute approximate surface area is 90.4 Å². The third-order valence-electron chi connectivity index (χ3n) is 1.56. The quantitative estimate of drug-likeness (QED) is 0.487. The molecule has 0 aliphatic rings. The molecule has 0 atom stereocenters. The van der Waals surface area contributed by atoms with Crippen LogP contribution >= 0.6 is 15.9 Å². The number of aromatic nitrogens is 1. The number of hydrogen-bond donors (Lipinski definition) is 0. The summed E-state index contributed by atoms with van der Waals surface area (Å²) in [5.41, 5.74) is -2.20. The Hall–Kier alpha value is -1.18. The van der Waals surface area contributed by atoms with Gasteiger partial charge in [-0.15, -0.1) is 0 Å². The molecule has 0 aliphatic heterocycles. The van der Waals surface area contributed by atoms with Crippen molar-refractivity contribution >= 4 is 21.6 Å². The average molecular weight is 285 g/mol. The normalized spacial score (nSPS) is 10.7. The summed E-state index contributed by atoms with van der Waals surface area (Å²) in [6, 6.07) is 0.815. The van der Waals surface area contributed by atoms with Crippen LogP contribution in [-0.2, 0) is 5.33 Å². The fraction of sp³-hybridized carbons (Fsp3) is 0.286. The van der Waals surface area contributed by atoms with Crippen LogP contribution in [0.1, 0.15) is 17.8 Å². The van der Waals surface area contributed by atoms with Gasteiger partial charge >= 0.3 is 5.69 Å². The largest absolute Gasteiger partial charge is 0.308 e. The van der Waals surface area contributed by atoms with Gasteiger partial charge in [-0.1, -0.05) is 15.9 Å². The van der Waals surface area contributed by atoms with Crippen LogP contribution in [0.15, 0.2) is 6.07 Å². The van der Waals surface area contributed by atoms with Crippen molar-refractivity contribution in [3.63, 3.8) is 0 Å². The summed E-state index contributed by atoms with van der Waals surface area (Å²) < 4.78 is 37.6. The number of alkyl halides is 3. The lowest BCUT2D eigenvalue weighted by atomic mass is 10.2. The predicted molar refractivity (Wildman–Crippen MR) is 48.4 cm³/mol. The lowest BCUT2D eigenvalue weighted by molar-refractivity contribution is -0.387. The summed E-state index contributed by atoms with van der Waals surface area (Å²) in [6.07, 6.45) is -3.18. The first kappa shape index (κ1) is 11.9. The Morgan fingerprint density at radius 2 is 2.20 bits per heavy atom. The van der Waals surface area contributed by atoms with Gasteiger partial charge in [0.05, 0.1) is 10.6 Å². The Kier molecular flexibility index (Phi) is 3.61. The second-order valence-electron chi connectivity index (χ2n) is 2.52. The van der Waals surface area contributed by atoms with Gasteiger partial charge in [-0.2, -0.15) is 4.39 Å². The lowest BCUT2D eigenvalue weighted by Crippen LogP contribution is -2.04. The Bertz CT molecular complexity index is 400. The summed E-state index contributed by atoms with van der Waals surface area (Å²) in [5.74, 6) is -1.58. The third kappa shape index (κ3) is 2.44. The molecular formula is C7H4BrF3N2O2. The monoisotopic (exact) mass is 284 g/mol.